The molecule has 0 radical (unpaired) electrons. The topological polar surface area (TPSA) is 57.0 Å². The largest absolute Gasteiger partial charge is 0.416 e. The number of halogens is 3. The molecule has 2 aromatic carbocycles. The number of rotatable bonds is 2. The molecule has 0 atom stereocenters. The molecule has 3 aromatic rings. The maximum Gasteiger partial charge on any atom is 0.416 e. The number of hydrogen-bond acceptors (Lipinski definition) is 2. The highest BCUT2D eigenvalue weighted by molar-refractivity contribution is 6.01. The zero-order valence-electron chi connectivity index (χ0n) is 12.5. The van der Waals surface area contributed by atoms with Gasteiger partial charge in [0.25, 0.3) is 0 Å². The Kier molecular flexibility index (Phi) is 3.47. The highest BCUT2D eigenvalue weighted by atomic mass is 19.4. The summed E-state index contributed by atoms with van der Waals surface area (Å²) in [6.07, 6.45) is -4.39. The predicted molar refractivity (Wildman–Crippen MR) is 86.9 cm³/mol. The molecule has 0 saturated heterocycles. The standard InChI is InChI=1S/C17H16F3N3/c1-2-23-14-9-11(17(18,19)20)6-7-13(14)15(22)16(23)10-4-3-5-12(21)8-10/h3-9H,2,21-22H2,1H3. The van der Waals surface area contributed by atoms with E-state index in [0.717, 1.165) is 17.7 Å². The SMILES string of the molecule is CCn1c(-c2cccc(N)c2)c(N)c2ccc(C(F)(F)F)cc21. The Morgan fingerprint density at radius 1 is 1.04 bits per heavy atom. The molecule has 4 N–H and O–H groups in total. The fourth-order valence-corrected chi connectivity index (χ4v) is 2.88. The molecule has 0 spiro atoms. The molecule has 3 nitrogen and oxygen atoms in total. The zero-order chi connectivity index (χ0) is 16.8. The van der Waals surface area contributed by atoms with Gasteiger partial charge < -0.3 is 16.0 Å². The maximum atomic E-state index is 13.0. The first-order valence-corrected chi connectivity index (χ1v) is 7.17. The molecule has 0 aliphatic heterocycles. The summed E-state index contributed by atoms with van der Waals surface area (Å²) in [5.41, 5.74) is 14.3. The number of anilines is 2. The molecule has 0 aliphatic rings. The minimum Gasteiger partial charge on any atom is -0.399 e. The lowest BCUT2D eigenvalue weighted by atomic mass is 10.1. The number of fused-ring (bicyclic) bond motifs is 1. The number of alkyl halides is 3. The van der Waals surface area contributed by atoms with Gasteiger partial charge in [-0.2, -0.15) is 13.2 Å². The third-order valence-corrected chi connectivity index (χ3v) is 3.91. The molecule has 23 heavy (non-hydrogen) atoms. The van der Waals surface area contributed by atoms with Crippen molar-refractivity contribution in [2.45, 2.75) is 19.6 Å². The van der Waals surface area contributed by atoms with Crippen LogP contribution in [-0.4, -0.2) is 4.57 Å². The number of nitrogen functional groups attached to an aromatic ring is 2. The second-order valence-corrected chi connectivity index (χ2v) is 5.36. The molecule has 120 valence electrons. The number of hydrogen-bond donors (Lipinski definition) is 2. The van der Waals surface area contributed by atoms with Gasteiger partial charge >= 0.3 is 6.18 Å². The van der Waals surface area contributed by atoms with Crippen LogP contribution in [0.25, 0.3) is 22.2 Å². The normalized spacial score (nSPS) is 12.0. The lowest BCUT2D eigenvalue weighted by molar-refractivity contribution is -0.137. The van der Waals surface area contributed by atoms with Crippen molar-refractivity contribution in [2.24, 2.45) is 0 Å². The molecular formula is C17H16F3N3. The average Bonchev–Trinajstić information content (AvgIpc) is 2.78. The van der Waals surface area contributed by atoms with E-state index in [-0.39, 0.29) is 0 Å². The van der Waals surface area contributed by atoms with E-state index in [1.54, 1.807) is 22.8 Å². The smallest absolute Gasteiger partial charge is 0.399 e. The van der Waals surface area contributed by atoms with E-state index >= 15 is 0 Å². The molecule has 0 aliphatic carbocycles. The fourth-order valence-electron chi connectivity index (χ4n) is 2.88. The van der Waals surface area contributed by atoms with Crippen molar-refractivity contribution < 1.29 is 13.2 Å². The monoisotopic (exact) mass is 319 g/mol. The van der Waals surface area contributed by atoms with E-state index in [9.17, 15) is 13.2 Å². The van der Waals surface area contributed by atoms with Crippen molar-refractivity contribution in [1.82, 2.24) is 4.57 Å². The van der Waals surface area contributed by atoms with Gasteiger partial charge in [0.15, 0.2) is 0 Å². The minimum absolute atomic E-state index is 0.459. The van der Waals surface area contributed by atoms with Gasteiger partial charge in [-0.3, -0.25) is 0 Å². The molecule has 0 saturated carbocycles. The van der Waals surface area contributed by atoms with Crippen LogP contribution in [0.4, 0.5) is 24.5 Å². The van der Waals surface area contributed by atoms with Gasteiger partial charge in [-0.1, -0.05) is 18.2 Å². The zero-order valence-corrected chi connectivity index (χ0v) is 12.5. The molecule has 0 unspecified atom stereocenters. The van der Waals surface area contributed by atoms with E-state index in [1.807, 2.05) is 13.0 Å². The Labute approximate surface area is 131 Å². The number of benzene rings is 2. The summed E-state index contributed by atoms with van der Waals surface area (Å²) in [5.74, 6) is 0. The Hall–Kier alpha value is -2.63. The van der Waals surface area contributed by atoms with Gasteiger partial charge in [-0.25, -0.2) is 0 Å². The van der Waals surface area contributed by atoms with E-state index in [1.165, 1.54) is 6.07 Å². The first kappa shape index (κ1) is 15.3. The second kappa shape index (κ2) is 5.22. The molecule has 1 heterocycles. The van der Waals surface area contributed by atoms with Crippen LogP contribution in [0.15, 0.2) is 42.5 Å². The van der Waals surface area contributed by atoms with Crippen LogP contribution in [0.2, 0.25) is 0 Å². The van der Waals surface area contributed by atoms with Crippen LogP contribution < -0.4 is 11.5 Å². The van der Waals surface area contributed by atoms with Crippen molar-refractivity contribution in [3.05, 3.63) is 48.0 Å². The lowest BCUT2D eigenvalue weighted by Gasteiger charge is -2.10. The molecule has 0 fully saturated rings. The lowest BCUT2D eigenvalue weighted by Crippen LogP contribution is -2.05. The van der Waals surface area contributed by atoms with Crippen molar-refractivity contribution in [3.63, 3.8) is 0 Å². The van der Waals surface area contributed by atoms with E-state index in [2.05, 4.69) is 0 Å². The van der Waals surface area contributed by atoms with Crippen molar-refractivity contribution in [1.29, 1.82) is 0 Å². The number of nitrogens with two attached hydrogens (primary N) is 2. The van der Waals surface area contributed by atoms with Crippen molar-refractivity contribution in [3.8, 4) is 11.3 Å². The fraction of sp³-hybridized carbons (Fsp3) is 0.176. The van der Waals surface area contributed by atoms with Crippen molar-refractivity contribution in [2.75, 3.05) is 11.5 Å². The van der Waals surface area contributed by atoms with Crippen LogP contribution in [0, 0.1) is 0 Å². The highest BCUT2D eigenvalue weighted by Gasteiger charge is 2.31. The van der Waals surface area contributed by atoms with Gasteiger partial charge in [-0.15, -0.1) is 0 Å². The van der Waals surface area contributed by atoms with Gasteiger partial charge in [0, 0.05) is 23.2 Å². The Morgan fingerprint density at radius 3 is 2.39 bits per heavy atom. The molecule has 6 heteroatoms. The van der Waals surface area contributed by atoms with E-state index in [0.29, 0.717) is 34.5 Å². The van der Waals surface area contributed by atoms with Gasteiger partial charge in [0.1, 0.15) is 0 Å². The van der Waals surface area contributed by atoms with E-state index in [4.69, 9.17) is 11.5 Å². The maximum absolute atomic E-state index is 13.0. The van der Waals surface area contributed by atoms with Crippen molar-refractivity contribution >= 4 is 22.3 Å². The summed E-state index contributed by atoms with van der Waals surface area (Å²) in [7, 11) is 0. The summed E-state index contributed by atoms with van der Waals surface area (Å²) in [5, 5.41) is 0.609. The van der Waals surface area contributed by atoms with Gasteiger partial charge in [-0.05, 0) is 31.2 Å². The quantitative estimate of drug-likeness (QED) is 0.683. The van der Waals surface area contributed by atoms with Gasteiger partial charge in [0.05, 0.1) is 22.5 Å². The predicted octanol–water partition coefficient (Wildman–Crippen LogP) is 4.51. The summed E-state index contributed by atoms with van der Waals surface area (Å²) in [4.78, 5) is 0. The van der Waals surface area contributed by atoms with Crippen LogP contribution in [0.3, 0.4) is 0 Å². The summed E-state index contributed by atoms with van der Waals surface area (Å²) in [6.45, 7) is 2.37. The average molecular weight is 319 g/mol. The van der Waals surface area contributed by atoms with Crippen LogP contribution in [-0.2, 0) is 12.7 Å². The number of nitrogens with zero attached hydrogens (tertiary/aromatic N) is 1. The van der Waals surface area contributed by atoms with Crippen LogP contribution >= 0.6 is 0 Å². The Balaban J connectivity index is 2.33. The summed E-state index contributed by atoms with van der Waals surface area (Å²) >= 11 is 0. The molecule has 3 rings (SSSR count). The van der Waals surface area contributed by atoms with E-state index < -0.39 is 11.7 Å². The third kappa shape index (κ3) is 2.50. The molecule has 0 amide bonds. The first-order chi connectivity index (χ1) is 10.8. The second-order valence-electron chi connectivity index (χ2n) is 5.36. The molecule has 0 bridgehead atoms. The third-order valence-electron chi connectivity index (χ3n) is 3.91. The number of aromatic nitrogens is 1. The summed E-state index contributed by atoms with van der Waals surface area (Å²) in [6, 6.07) is 10.8. The van der Waals surface area contributed by atoms with Crippen LogP contribution in [0.5, 0.6) is 0 Å². The highest BCUT2D eigenvalue weighted by Crippen LogP contribution is 2.39. The van der Waals surface area contributed by atoms with Crippen LogP contribution in [0.1, 0.15) is 12.5 Å². The first-order valence-electron chi connectivity index (χ1n) is 7.17. The Morgan fingerprint density at radius 2 is 1.78 bits per heavy atom. The minimum atomic E-state index is -4.39. The number of aryl methyl sites for hydroxylation is 1. The Bertz CT molecular complexity index is 879. The van der Waals surface area contributed by atoms with Gasteiger partial charge in [0.2, 0.25) is 0 Å². The molecular weight excluding hydrogens is 303 g/mol. The summed E-state index contributed by atoms with van der Waals surface area (Å²) < 4.78 is 40.7. The molecule has 1 aromatic heterocycles.